The Morgan fingerprint density at radius 2 is 0.449 bits per heavy atom. The van der Waals surface area contributed by atoms with Crippen molar-refractivity contribution >= 4 is 0 Å². The molecule has 7 aliphatic heterocycles. The summed E-state index contributed by atoms with van der Waals surface area (Å²) in [6, 6.07) is 0. The molecule has 456 valence electrons. The van der Waals surface area contributed by atoms with Gasteiger partial charge in [0.05, 0.1) is 46.2 Å². The molecular weight excluding hydrogens is 1080 g/mol. The molecule has 0 aromatic heterocycles. The first-order valence-corrected chi connectivity index (χ1v) is 24.6. The molecule has 36 heteroatoms. The second-order valence-corrected chi connectivity index (χ2v) is 19.7. The van der Waals surface area contributed by atoms with Crippen LogP contribution in [0, 0.1) is 0 Å². The summed E-state index contributed by atoms with van der Waals surface area (Å²) in [5.74, 6) is 0. The van der Waals surface area contributed by atoms with E-state index in [-0.39, 0.29) is 0 Å². The Bertz CT molecular complexity index is 1810. The lowest BCUT2D eigenvalue weighted by atomic mass is 9.96. The first kappa shape index (κ1) is 64.1. The van der Waals surface area contributed by atoms with Crippen molar-refractivity contribution in [2.45, 2.75) is 215 Å². The van der Waals surface area contributed by atoms with Crippen molar-refractivity contribution in [2.24, 2.45) is 0 Å². The van der Waals surface area contributed by atoms with E-state index in [1.165, 1.54) is 0 Å². The minimum absolute atomic E-state index is 0.708. The van der Waals surface area contributed by atoms with Crippen LogP contribution in [0.1, 0.15) is 0 Å². The van der Waals surface area contributed by atoms with Crippen LogP contribution in [0.2, 0.25) is 0 Å². The van der Waals surface area contributed by atoms with Gasteiger partial charge in [-0.2, -0.15) is 0 Å². The molecule has 0 spiro atoms. The zero-order chi connectivity index (χ0) is 57.3. The summed E-state index contributed by atoms with van der Waals surface area (Å²) in [4.78, 5) is 0. The van der Waals surface area contributed by atoms with Gasteiger partial charge in [0.25, 0.3) is 0 Å². The molecule has 0 amide bonds. The molecule has 7 aliphatic rings. The topological polar surface area (TPSA) is 585 Å². The van der Waals surface area contributed by atoms with E-state index in [1.807, 2.05) is 0 Å². The largest absolute Gasteiger partial charge is 0.394 e. The third-order valence-electron chi connectivity index (χ3n) is 14.5. The van der Waals surface area contributed by atoms with E-state index in [0.29, 0.717) is 0 Å². The van der Waals surface area contributed by atoms with Crippen LogP contribution in [0.5, 0.6) is 0 Å². The first-order chi connectivity index (χ1) is 36.9. The molecule has 0 aliphatic carbocycles. The molecule has 0 radical (unpaired) electrons. The van der Waals surface area contributed by atoms with Crippen molar-refractivity contribution in [1.29, 1.82) is 0 Å². The maximum Gasteiger partial charge on any atom is 0.187 e. The molecule has 78 heavy (non-hydrogen) atoms. The van der Waals surface area contributed by atoms with Crippen LogP contribution in [0.25, 0.3) is 0 Å². The molecule has 7 saturated heterocycles. The van der Waals surface area contributed by atoms with Crippen molar-refractivity contribution < 1.29 is 179 Å². The zero-order valence-electron chi connectivity index (χ0n) is 40.8. The Balaban J connectivity index is 0.920. The molecular formula is C42H72O36. The number of ether oxygens (including phenoxy) is 13. The normalized spacial score (nSPS) is 53.5. The molecule has 1 unspecified atom stereocenters. The Morgan fingerprint density at radius 3 is 0.744 bits per heavy atom. The highest BCUT2D eigenvalue weighted by Crippen LogP contribution is 2.35. The SMILES string of the molecule is OC[C@H]1O[C@H](O[C@H]2[C@H](O)[C@@H](O)[C@@H](OC[C@H]3O[C@H](O[C@H]4[C@H](O)[C@@H](O)[C@@H](OC[C@H]5O[C@H](O[C@H]6[C@H](O)[C@@H](O)[C@@H](OC[C@H]7OC(O)[C@H](O)[C@@H](O)[C@@H]7O)O[C@@H]6CO)[C@H](O)[C@@H](O)[C@@H]5O)O[C@@H]4CO)[C@H](O)[C@@H](O)[C@@H]3O)O[C@@H]2CO)[C@H](O)[C@@H](O)[C@@H]1O. The minimum Gasteiger partial charge on any atom is -0.394 e. The van der Waals surface area contributed by atoms with Gasteiger partial charge >= 0.3 is 0 Å². The quantitative estimate of drug-likeness (QED) is 0.0571. The van der Waals surface area contributed by atoms with Crippen LogP contribution in [-0.4, -0.2) is 379 Å². The standard InChI is InChI=1S/C42H72O36/c43-1-8-15(47)20(52)27(59)40(70-8)76-33-9(2-44)72-38(31(63)23(33)55)67-6-13-17(49)22(54)29(61)42(75-13)78-35-11(4-46)73-39(32(64)25(35)57)68-7-14-18(50)21(53)28(60)41(74-14)77-34-10(3-45)71-37(30(62)24(34)56)66-5-12-16(48)19(51)26(58)36(65)69-12/h8-65H,1-7H2/t8-,9-,10-,11-,12-,13-,14-,15-,16-,17-,18-,19+,20+,21+,22+,23-,24-,25-,26-,27-,28-,29-,30-,31-,32-,33-,34-,35-,36?,37+,38+,39+,40-,41-,42-/m1/s1. The summed E-state index contributed by atoms with van der Waals surface area (Å²) in [5.41, 5.74) is 0. The minimum atomic E-state index is -2.13. The van der Waals surface area contributed by atoms with Gasteiger partial charge in [0.15, 0.2) is 44.0 Å². The van der Waals surface area contributed by atoms with Gasteiger partial charge in [-0.3, -0.25) is 0 Å². The third kappa shape index (κ3) is 13.4. The predicted octanol–water partition coefficient (Wildman–Crippen LogP) is -16.3. The summed E-state index contributed by atoms with van der Waals surface area (Å²) in [6.07, 6.45) is -65.8. The number of rotatable bonds is 19. The molecule has 7 heterocycles. The summed E-state index contributed by atoms with van der Waals surface area (Å²) in [7, 11) is 0. The number of hydrogen-bond acceptors (Lipinski definition) is 36. The van der Waals surface area contributed by atoms with E-state index in [9.17, 15) is 117 Å². The first-order valence-electron chi connectivity index (χ1n) is 24.6. The van der Waals surface area contributed by atoms with E-state index in [0.717, 1.165) is 0 Å². The van der Waals surface area contributed by atoms with E-state index >= 15 is 0 Å². The average molecular weight is 1150 g/mol. The van der Waals surface area contributed by atoms with Crippen molar-refractivity contribution in [3.63, 3.8) is 0 Å². The van der Waals surface area contributed by atoms with Gasteiger partial charge in [-0.25, -0.2) is 0 Å². The lowest BCUT2D eigenvalue weighted by Gasteiger charge is -2.47. The molecule has 0 aromatic rings. The van der Waals surface area contributed by atoms with Crippen LogP contribution < -0.4 is 0 Å². The number of aliphatic hydroxyl groups excluding tert-OH is 23. The highest BCUT2D eigenvalue weighted by Gasteiger charge is 2.56. The van der Waals surface area contributed by atoms with Crippen LogP contribution >= 0.6 is 0 Å². The molecule has 0 bridgehead atoms. The molecule has 7 rings (SSSR count). The lowest BCUT2D eigenvalue weighted by Crippen LogP contribution is -2.66. The average Bonchev–Trinajstić information content (AvgIpc) is 3.42. The van der Waals surface area contributed by atoms with Gasteiger partial charge in [-0.15, -0.1) is 0 Å². The summed E-state index contributed by atoms with van der Waals surface area (Å²) in [5, 5.41) is 241. The van der Waals surface area contributed by atoms with E-state index < -0.39 is 261 Å². The van der Waals surface area contributed by atoms with E-state index in [1.54, 1.807) is 0 Å². The molecule has 0 aromatic carbocycles. The van der Waals surface area contributed by atoms with Gasteiger partial charge in [0.1, 0.15) is 171 Å². The lowest BCUT2D eigenvalue weighted by molar-refractivity contribution is -0.377. The van der Waals surface area contributed by atoms with Crippen molar-refractivity contribution in [3.8, 4) is 0 Å². The predicted molar refractivity (Wildman–Crippen MR) is 232 cm³/mol. The van der Waals surface area contributed by atoms with Crippen LogP contribution in [0.3, 0.4) is 0 Å². The maximum absolute atomic E-state index is 11.2. The molecule has 7 fully saturated rings. The second kappa shape index (κ2) is 27.5. The fourth-order valence-electron chi connectivity index (χ4n) is 9.69. The van der Waals surface area contributed by atoms with Gasteiger partial charge < -0.3 is 179 Å². The maximum atomic E-state index is 11.2. The fraction of sp³-hybridized carbons (Fsp3) is 1.00. The van der Waals surface area contributed by atoms with Crippen molar-refractivity contribution in [2.75, 3.05) is 46.2 Å². The van der Waals surface area contributed by atoms with Crippen LogP contribution in [0.15, 0.2) is 0 Å². The molecule has 0 saturated carbocycles. The molecule has 23 N–H and O–H groups in total. The monoisotopic (exact) mass is 1150 g/mol. The van der Waals surface area contributed by atoms with Crippen molar-refractivity contribution in [1.82, 2.24) is 0 Å². The highest BCUT2D eigenvalue weighted by molar-refractivity contribution is 4.99. The smallest absolute Gasteiger partial charge is 0.187 e. The Morgan fingerprint density at radius 1 is 0.218 bits per heavy atom. The van der Waals surface area contributed by atoms with Gasteiger partial charge in [-0.05, 0) is 0 Å². The van der Waals surface area contributed by atoms with Crippen LogP contribution in [-0.2, 0) is 61.6 Å². The molecule has 36 nitrogen and oxygen atoms in total. The van der Waals surface area contributed by atoms with Gasteiger partial charge in [0, 0.05) is 0 Å². The number of hydrogen-bond donors (Lipinski definition) is 23. The Hall–Kier alpha value is -1.44. The van der Waals surface area contributed by atoms with Gasteiger partial charge in [0.2, 0.25) is 0 Å². The Kier molecular flexibility index (Phi) is 22.6. The summed E-state index contributed by atoms with van der Waals surface area (Å²) >= 11 is 0. The van der Waals surface area contributed by atoms with E-state index in [4.69, 9.17) is 61.6 Å². The zero-order valence-corrected chi connectivity index (χ0v) is 40.8. The molecule has 35 atom stereocenters. The fourth-order valence-corrected chi connectivity index (χ4v) is 9.69. The number of aliphatic hydroxyl groups is 23. The second-order valence-electron chi connectivity index (χ2n) is 19.7. The summed E-state index contributed by atoms with van der Waals surface area (Å²) < 4.78 is 71.5. The van der Waals surface area contributed by atoms with Gasteiger partial charge in [-0.1, -0.05) is 0 Å². The van der Waals surface area contributed by atoms with Crippen molar-refractivity contribution in [3.05, 3.63) is 0 Å². The third-order valence-corrected chi connectivity index (χ3v) is 14.5. The van der Waals surface area contributed by atoms with Crippen LogP contribution in [0.4, 0.5) is 0 Å². The highest BCUT2D eigenvalue weighted by atomic mass is 16.8. The van der Waals surface area contributed by atoms with E-state index in [2.05, 4.69) is 0 Å². The summed E-state index contributed by atoms with van der Waals surface area (Å²) in [6.45, 7) is -6.18. The Labute approximate surface area is 439 Å².